The van der Waals surface area contributed by atoms with Crippen LogP contribution in [-0.2, 0) is 0 Å². The summed E-state index contributed by atoms with van der Waals surface area (Å²) in [5, 5.41) is 8.91. The molecule has 0 atom stereocenters. The zero-order valence-electron chi connectivity index (χ0n) is 5.96. The Morgan fingerprint density at radius 3 is 2.09 bits per heavy atom. The smallest absolute Gasteiger partial charge is 0.115 e. The normalized spacial score (nSPS) is 8.45. The van der Waals surface area contributed by atoms with E-state index in [9.17, 15) is 0 Å². The molecule has 1 nitrogen and oxygen atoms in total. The molecule has 0 spiro atoms. The molecule has 1 aromatic carbocycles. The van der Waals surface area contributed by atoms with Crippen LogP contribution in [0.15, 0.2) is 30.8 Å². The van der Waals surface area contributed by atoms with Crippen LogP contribution in [0, 0.1) is 0 Å². The Morgan fingerprint density at radius 1 is 1.27 bits per heavy atom. The maximum atomic E-state index is 8.91. The molecular weight excluding hydrogens is 136 g/mol. The van der Waals surface area contributed by atoms with E-state index in [4.69, 9.17) is 5.11 Å². The van der Waals surface area contributed by atoms with Crippen molar-refractivity contribution in [3.8, 4) is 5.75 Å². The summed E-state index contributed by atoms with van der Waals surface area (Å²) in [6, 6.07) is 7.00. The molecule has 0 amide bonds. The van der Waals surface area contributed by atoms with Crippen molar-refractivity contribution in [3.63, 3.8) is 0 Å². The average Bonchev–Trinajstić information content (AvgIpc) is 1.88. The van der Waals surface area contributed by atoms with Gasteiger partial charge in [0.1, 0.15) is 5.75 Å². The predicted molar refractivity (Wildman–Crippen MR) is 49.5 cm³/mol. The van der Waals surface area contributed by atoms with Crippen molar-refractivity contribution in [3.05, 3.63) is 36.4 Å². The fourth-order valence-electron chi connectivity index (χ4n) is 0.746. The zero-order valence-corrected chi connectivity index (χ0v) is 5.96. The van der Waals surface area contributed by atoms with Gasteiger partial charge in [-0.2, -0.15) is 0 Å². The highest BCUT2D eigenvalue weighted by atomic mass is 16.3. The van der Waals surface area contributed by atoms with Gasteiger partial charge in [0.25, 0.3) is 0 Å². The molecule has 60 valence electrons. The van der Waals surface area contributed by atoms with Gasteiger partial charge in [-0.3, -0.25) is 0 Å². The Balaban J connectivity index is 0.000001000. The van der Waals surface area contributed by atoms with Crippen molar-refractivity contribution in [2.75, 3.05) is 0 Å². The standard InChI is InChI=1S/C9H10O.CH4/c1-7(2)8-3-5-9(10)6-4-8;/h3-6,10H,1H2,2H3;1H4. The quantitative estimate of drug-likeness (QED) is 0.652. The first-order chi connectivity index (χ1) is 4.70. The number of rotatable bonds is 1. The fourth-order valence-corrected chi connectivity index (χ4v) is 0.746. The summed E-state index contributed by atoms with van der Waals surface area (Å²) in [5.74, 6) is 0.296. The third-order valence-corrected chi connectivity index (χ3v) is 1.36. The largest absolute Gasteiger partial charge is 0.508 e. The molecule has 0 aliphatic rings. The highest BCUT2D eigenvalue weighted by Gasteiger charge is 1.90. The SMILES string of the molecule is C.C=C(C)c1ccc(O)cc1. The van der Waals surface area contributed by atoms with Crippen LogP contribution in [0.4, 0.5) is 0 Å². The molecule has 0 saturated carbocycles. The molecule has 0 bridgehead atoms. The Labute approximate surface area is 68.0 Å². The number of phenols is 1. The molecule has 0 unspecified atom stereocenters. The van der Waals surface area contributed by atoms with Crippen LogP contribution >= 0.6 is 0 Å². The van der Waals surface area contributed by atoms with Gasteiger partial charge in [-0.15, -0.1) is 0 Å². The van der Waals surface area contributed by atoms with Crippen LogP contribution in [0.1, 0.15) is 19.9 Å². The minimum atomic E-state index is 0. The first kappa shape index (κ1) is 9.76. The first-order valence-electron chi connectivity index (χ1n) is 3.15. The van der Waals surface area contributed by atoms with Gasteiger partial charge in [0.05, 0.1) is 0 Å². The van der Waals surface area contributed by atoms with Crippen molar-refractivity contribution < 1.29 is 5.11 Å². The predicted octanol–water partition coefficient (Wildman–Crippen LogP) is 3.06. The summed E-state index contributed by atoms with van der Waals surface area (Å²) in [7, 11) is 0. The van der Waals surface area contributed by atoms with Crippen molar-refractivity contribution in [2.45, 2.75) is 14.4 Å². The molecule has 0 fully saturated rings. The number of allylic oxidation sites excluding steroid dienone is 1. The van der Waals surface area contributed by atoms with Crippen LogP contribution < -0.4 is 0 Å². The lowest BCUT2D eigenvalue weighted by atomic mass is 10.1. The number of aromatic hydroxyl groups is 1. The zero-order chi connectivity index (χ0) is 7.56. The van der Waals surface area contributed by atoms with Gasteiger partial charge in [-0.25, -0.2) is 0 Å². The summed E-state index contributed by atoms with van der Waals surface area (Å²) < 4.78 is 0. The number of benzene rings is 1. The maximum Gasteiger partial charge on any atom is 0.115 e. The molecule has 0 aliphatic carbocycles. The van der Waals surface area contributed by atoms with Gasteiger partial charge in [0.2, 0.25) is 0 Å². The van der Waals surface area contributed by atoms with Gasteiger partial charge in [-0.05, 0) is 24.6 Å². The van der Waals surface area contributed by atoms with E-state index in [-0.39, 0.29) is 7.43 Å². The van der Waals surface area contributed by atoms with Crippen molar-refractivity contribution in [1.82, 2.24) is 0 Å². The van der Waals surface area contributed by atoms with E-state index in [1.807, 2.05) is 19.1 Å². The van der Waals surface area contributed by atoms with Gasteiger partial charge < -0.3 is 5.11 Å². The van der Waals surface area contributed by atoms with Crippen LogP contribution in [0.5, 0.6) is 5.75 Å². The van der Waals surface area contributed by atoms with Crippen LogP contribution in [0.3, 0.4) is 0 Å². The molecule has 1 N–H and O–H groups in total. The van der Waals surface area contributed by atoms with Crippen molar-refractivity contribution >= 4 is 5.57 Å². The van der Waals surface area contributed by atoms with Crippen molar-refractivity contribution in [1.29, 1.82) is 0 Å². The van der Waals surface area contributed by atoms with E-state index >= 15 is 0 Å². The fraction of sp³-hybridized carbons (Fsp3) is 0.200. The highest BCUT2D eigenvalue weighted by Crippen LogP contribution is 2.14. The van der Waals surface area contributed by atoms with Crippen molar-refractivity contribution in [2.24, 2.45) is 0 Å². The summed E-state index contributed by atoms with van der Waals surface area (Å²) in [5.41, 5.74) is 2.08. The first-order valence-corrected chi connectivity index (χ1v) is 3.15. The molecule has 0 aromatic heterocycles. The maximum absolute atomic E-state index is 8.91. The molecule has 0 saturated heterocycles. The highest BCUT2D eigenvalue weighted by molar-refractivity contribution is 5.61. The second kappa shape index (κ2) is 3.81. The van der Waals surface area contributed by atoms with Crippen LogP contribution in [0.25, 0.3) is 5.57 Å². The minimum absolute atomic E-state index is 0. The third-order valence-electron chi connectivity index (χ3n) is 1.36. The second-order valence-electron chi connectivity index (χ2n) is 2.33. The third kappa shape index (κ3) is 2.46. The lowest BCUT2D eigenvalue weighted by Gasteiger charge is -1.97. The number of hydrogen-bond acceptors (Lipinski definition) is 1. The monoisotopic (exact) mass is 150 g/mol. The van der Waals surface area contributed by atoms with E-state index in [0.717, 1.165) is 11.1 Å². The minimum Gasteiger partial charge on any atom is -0.508 e. The Kier molecular flexibility index (Phi) is 3.38. The lowest BCUT2D eigenvalue weighted by Crippen LogP contribution is -1.74. The van der Waals surface area contributed by atoms with Gasteiger partial charge >= 0.3 is 0 Å². The van der Waals surface area contributed by atoms with Gasteiger partial charge in [0, 0.05) is 0 Å². The average molecular weight is 150 g/mol. The summed E-state index contributed by atoms with van der Waals surface area (Å²) in [6.07, 6.45) is 0. The molecule has 0 aliphatic heterocycles. The molecule has 0 radical (unpaired) electrons. The molecule has 1 rings (SSSR count). The van der Waals surface area contributed by atoms with Gasteiger partial charge in [-0.1, -0.05) is 31.7 Å². The molecular formula is C10H14O. The van der Waals surface area contributed by atoms with Crippen LogP contribution in [0.2, 0.25) is 0 Å². The Hall–Kier alpha value is -1.24. The van der Waals surface area contributed by atoms with E-state index in [2.05, 4.69) is 6.58 Å². The lowest BCUT2D eigenvalue weighted by molar-refractivity contribution is 0.475. The van der Waals surface area contributed by atoms with Crippen LogP contribution in [-0.4, -0.2) is 5.11 Å². The van der Waals surface area contributed by atoms with E-state index in [0.29, 0.717) is 5.75 Å². The molecule has 0 heterocycles. The Morgan fingerprint density at radius 2 is 1.73 bits per heavy atom. The Bertz CT molecular complexity index is 234. The number of hydrogen-bond donors (Lipinski definition) is 1. The van der Waals surface area contributed by atoms with E-state index in [1.54, 1.807) is 12.1 Å². The molecule has 1 aromatic rings. The van der Waals surface area contributed by atoms with E-state index < -0.39 is 0 Å². The summed E-state index contributed by atoms with van der Waals surface area (Å²) >= 11 is 0. The topological polar surface area (TPSA) is 20.2 Å². The van der Waals surface area contributed by atoms with E-state index in [1.165, 1.54) is 0 Å². The van der Waals surface area contributed by atoms with Gasteiger partial charge in [0.15, 0.2) is 0 Å². The second-order valence-corrected chi connectivity index (χ2v) is 2.33. The summed E-state index contributed by atoms with van der Waals surface area (Å²) in [6.45, 7) is 5.71. The summed E-state index contributed by atoms with van der Waals surface area (Å²) in [4.78, 5) is 0. The number of phenolic OH excluding ortho intramolecular Hbond substituents is 1. The molecule has 1 heteroatoms. The molecule has 11 heavy (non-hydrogen) atoms.